The van der Waals surface area contributed by atoms with Crippen molar-refractivity contribution >= 4 is 12.1 Å². The van der Waals surface area contributed by atoms with Crippen molar-refractivity contribution in [2.24, 2.45) is 0 Å². The Bertz CT molecular complexity index is 804. The van der Waals surface area contributed by atoms with Crippen LogP contribution in [0.4, 0.5) is 4.79 Å². The summed E-state index contributed by atoms with van der Waals surface area (Å²) in [5.41, 5.74) is 2.14. The van der Waals surface area contributed by atoms with E-state index >= 15 is 0 Å². The largest absolute Gasteiger partial charge is 0.459 e. The van der Waals surface area contributed by atoms with E-state index in [-0.39, 0.29) is 24.2 Å². The number of fused-ring (bicyclic) bond motifs is 2. The van der Waals surface area contributed by atoms with Crippen molar-refractivity contribution in [3.63, 3.8) is 0 Å². The van der Waals surface area contributed by atoms with Gasteiger partial charge in [0.15, 0.2) is 0 Å². The predicted octanol–water partition coefficient (Wildman–Crippen LogP) is 2.35. The molecular formula is C22H31N3O4. The fraction of sp³-hybridized carbons (Fsp3) is 0.636. The van der Waals surface area contributed by atoms with E-state index in [1.807, 2.05) is 44.7 Å². The number of benzene rings is 1. The van der Waals surface area contributed by atoms with E-state index in [9.17, 15) is 9.59 Å². The lowest BCUT2D eigenvalue weighted by Gasteiger charge is -2.48. The number of hydrogen-bond acceptors (Lipinski definition) is 6. The molecule has 3 atom stereocenters. The highest BCUT2D eigenvalue weighted by Gasteiger charge is 2.40. The first-order valence-electron chi connectivity index (χ1n) is 10.5. The lowest BCUT2D eigenvalue weighted by atomic mass is 9.92. The van der Waals surface area contributed by atoms with Gasteiger partial charge in [0, 0.05) is 45.2 Å². The summed E-state index contributed by atoms with van der Waals surface area (Å²) in [6, 6.07) is 6.07. The minimum atomic E-state index is -0.543. The summed E-state index contributed by atoms with van der Waals surface area (Å²) in [5.74, 6) is -0.264. The number of piperazine rings is 2. The molecule has 3 heterocycles. The van der Waals surface area contributed by atoms with Gasteiger partial charge in [-0.1, -0.05) is 12.1 Å². The molecular weight excluding hydrogens is 370 g/mol. The van der Waals surface area contributed by atoms with Crippen LogP contribution in [0.15, 0.2) is 18.2 Å². The van der Waals surface area contributed by atoms with Crippen molar-refractivity contribution in [2.75, 3.05) is 32.7 Å². The maximum atomic E-state index is 13.1. The summed E-state index contributed by atoms with van der Waals surface area (Å²) in [6.07, 6.45) is 0.291. The summed E-state index contributed by atoms with van der Waals surface area (Å²) in [5, 5.41) is 3.43. The first-order valence-corrected chi connectivity index (χ1v) is 10.5. The van der Waals surface area contributed by atoms with E-state index in [0.717, 1.165) is 37.3 Å². The van der Waals surface area contributed by atoms with E-state index < -0.39 is 5.60 Å². The Hall–Kier alpha value is -2.12. The number of hydrogen-bond donors (Lipinski definition) is 1. The number of esters is 1. The third-order valence-electron chi connectivity index (χ3n) is 5.84. The van der Waals surface area contributed by atoms with Gasteiger partial charge in [0.05, 0.1) is 11.6 Å². The normalized spacial score (nSPS) is 27.7. The zero-order chi connectivity index (χ0) is 20.8. The highest BCUT2D eigenvalue weighted by molar-refractivity contribution is 5.92. The maximum Gasteiger partial charge on any atom is 0.410 e. The van der Waals surface area contributed by atoms with Crippen LogP contribution in [0.1, 0.15) is 55.2 Å². The first-order chi connectivity index (χ1) is 13.7. The number of amides is 1. The van der Waals surface area contributed by atoms with Crippen LogP contribution in [0.25, 0.3) is 0 Å². The molecule has 7 heteroatoms. The summed E-state index contributed by atoms with van der Waals surface area (Å²) < 4.78 is 11.1. The number of nitrogens with one attached hydrogen (secondary N) is 1. The van der Waals surface area contributed by atoms with Crippen LogP contribution >= 0.6 is 0 Å². The minimum absolute atomic E-state index is 0.0993. The van der Waals surface area contributed by atoms with Crippen molar-refractivity contribution in [3.8, 4) is 0 Å². The van der Waals surface area contributed by atoms with Gasteiger partial charge in [-0.25, -0.2) is 9.59 Å². The topological polar surface area (TPSA) is 71.1 Å². The molecule has 4 rings (SSSR count). The molecule has 1 N–H and O–H groups in total. The second kappa shape index (κ2) is 7.61. The maximum absolute atomic E-state index is 13.1. The lowest BCUT2D eigenvalue weighted by Crippen LogP contribution is -2.63. The van der Waals surface area contributed by atoms with E-state index in [2.05, 4.69) is 16.3 Å². The molecule has 0 aromatic heterocycles. The number of rotatable bonds is 1. The van der Waals surface area contributed by atoms with Crippen molar-refractivity contribution in [2.45, 2.75) is 57.9 Å². The molecule has 0 radical (unpaired) electrons. The molecule has 1 amide bonds. The van der Waals surface area contributed by atoms with Gasteiger partial charge >= 0.3 is 12.1 Å². The molecule has 2 saturated heterocycles. The van der Waals surface area contributed by atoms with E-state index in [0.29, 0.717) is 24.6 Å². The SMILES string of the molecule is CC1Cc2cc([C@@H]3CN4CCNC[C@H]4CN3C(=O)OC(C)(C)C)ccc2C(=O)O1. The van der Waals surface area contributed by atoms with Gasteiger partial charge in [-0.05, 0) is 44.9 Å². The quantitative estimate of drug-likeness (QED) is 0.729. The summed E-state index contributed by atoms with van der Waals surface area (Å²) >= 11 is 0. The zero-order valence-corrected chi connectivity index (χ0v) is 17.7. The monoisotopic (exact) mass is 401 g/mol. The van der Waals surface area contributed by atoms with Crippen molar-refractivity contribution in [1.29, 1.82) is 0 Å². The Morgan fingerprint density at radius 3 is 2.83 bits per heavy atom. The molecule has 29 heavy (non-hydrogen) atoms. The first kappa shape index (κ1) is 20.2. The van der Waals surface area contributed by atoms with Gasteiger partial charge < -0.3 is 14.8 Å². The smallest absolute Gasteiger partial charge is 0.410 e. The van der Waals surface area contributed by atoms with Crippen LogP contribution < -0.4 is 5.32 Å². The van der Waals surface area contributed by atoms with Gasteiger partial charge in [-0.3, -0.25) is 9.80 Å². The highest BCUT2D eigenvalue weighted by Crippen LogP contribution is 2.32. The average Bonchev–Trinajstić information content (AvgIpc) is 2.65. The summed E-state index contributed by atoms with van der Waals surface area (Å²) in [7, 11) is 0. The summed E-state index contributed by atoms with van der Waals surface area (Å²) in [6.45, 7) is 11.8. The van der Waals surface area contributed by atoms with Crippen LogP contribution in [0.5, 0.6) is 0 Å². The number of carbonyl (C=O) groups excluding carboxylic acids is 2. The minimum Gasteiger partial charge on any atom is -0.459 e. The number of nitrogens with zero attached hydrogens (tertiary/aromatic N) is 2. The van der Waals surface area contributed by atoms with Gasteiger partial charge in [0.2, 0.25) is 0 Å². The van der Waals surface area contributed by atoms with Crippen LogP contribution in [-0.2, 0) is 15.9 Å². The second-order valence-electron chi connectivity index (χ2n) is 9.34. The third-order valence-corrected chi connectivity index (χ3v) is 5.84. The highest BCUT2D eigenvalue weighted by atomic mass is 16.6. The average molecular weight is 402 g/mol. The Balaban J connectivity index is 1.65. The molecule has 3 aliphatic rings. The Kier molecular flexibility index (Phi) is 5.29. The number of carbonyl (C=O) groups is 2. The van der Waals surface area contributed by atoms with Crippen LogP contribution in [0.3, 0.4) is 0 Å². The van der Waals surface area contributed by atoms with Gasteiger partial charge in [0.1, 0.15) is 11.7 Å². The van der Waals surface area contributed by atoms with Crippen LogP contribution in [-0.4, -0.2) is 72.3 Å². The zero-order valence-electron chi connectivity index (χ0n) is 17.7. The molecule has 1 aromatic carbocycles. The molecule has 3 aliphatic heterocycles. The molecule has 0 aliphatic carbocycles. The molecule has 0 spiro atoms. The van der Waals surface area contributed by atoms with E-state index in [4.69, 9.17) is 9.47 Å². The van der Waals surface area contributed by atoms with Gasteiger partial charge in [-0.15, -0.1) is 0 Å². The molecule has 2 fully saturated rings. The number of cyclic esters (lactones) is 1. The van der Waals surface area contributed by atoms with E-state index in [1.54, 1.807) is 0 Å². The van der Waals surface area contributed by atoms with Gasteiger partial charge in [-0.2, -0.15) is 0 Å². The fourth-order valence-electron chi connectivity index (χ4n) is 4.49. The molecule has 1 unspecified atom stereocenters. The van der Waals surface area contributed by atoms with Crippen molar-refractivity contribution in [1.82, 2.24) is 15.1 Å². The fourth-order valence-corrected chi connectivity index (χ4v) is 4.49. The van der Waals surface area contributed by atoms with Crippen LogP contribution in [0, 0.1) is 0 Å². The van der Waals surface area contributed by atoms with Gasteiger partial charge in [0.25, 0.3) is 0 Å². The molecule has 158 valence electrons. The third kappa shape index (κ3) is 4.26. The summed E-state index contributed by atoms with van der Waals surface area (Å²) in [4.78, 5) is 29.6. The Morgan fingerprint density at radius 2 is 2.07 bits per heavy atom. The molecule has 1 aromatic rings. The molecule has 7 nitrogen and oxygen atoms in total. The number of ether oxygens (including phenoxy) is 2. The van der Waals surface area contributed by atoms with Crippen LogP contribution in [0.2, 0.25) is 0 Å². The standard InChI is InChI=1S/C22H31N3O4/c1-14-9-16-10-15(5-6-18(16)20(26)28-14)19-13-24-8-7-23-11-17(24)12-25(19)21(27)29-22(2,3)4/h5-6,10,14,17,19,23H,7-9,11-13H2,1-4H3/t14?,17-,19-/m0/s1. The second-order valence-corrected chi connectivity index (χ2v) is 9.34. The lowest BCUT2D eigenvalue weighted by molar-refractivity contribution is -0.0212. The molecule has 0 saturated carbocycles. The molecule has 0 bridgehead atoms. The Labute approximate surface area is 172 Å². The predicted molar refractivity (Wildman–Crippen MR) is 109 cm³/mol. The van der Waals surface area contributed by atoms with Crippen molar-refractivity contribution < 1.29 is 19.1 Å². The van der Waals surface area contributed by atoms with Crippen molar-refractivity contribution in [3.05, 3.63) is 34.9 Å². The Morgan fingerprint density at radius 1 is 1.28 bits per heavy atom. The van der Waals surface area contributed by atoms with E-state index in [1.165, 1.54) is 0 Å².